The van der Waals surface area contributed by atoms with Crippen LogP contribution in [0.4, 0.5) is 4.79 Å². The van der Waals surface area contributed by atoms with Crippen LogP contribution in [0.25, 0.3) is 0 Å². The molecule has 0 aromatic heterocycles. The summed E-state index contributed by atoms with van der Waals surface area (Å²) in [6, 6.07) is 0.139. The van der Waals surface area contributed by atoms with Crippen molar-refractivity contribution in [3.63, 3.8) is 0 Å². The van der Waals surface area contributed by atoms with Gasteiger partial charge in [0.05, 0.1) is 0 Å². The standard InChI is InChI=1S/C13H23NO4/c1-9(2)8-11(12(15)16)18-13(17)14-10-6-4-3-5-7-10/h9-11H,3-8H2,1-2H3,(H,14,17)(H,15,16)/t11-/m0/s1. The monoisotopic (exact) mass is 257 g/mol. The molecule has 0 aromatic rings. The average molecular weight is 257 g/mol. The molecule has 5 nitrogen and oxygen atoms in total. The van der Waals surface area contributed by atoms with Crippen molar-refractivity contribution in [3.8, 4) is 0 Å². The fourth-order valence-corrected chi connectivity index (χ4v) is 2.20. The largest absolute Gasteiger partial charge is 0.479 e. The molecule has 2 N–H and O–H groups in total. The first kappa shape index (κ1) is 14.8. The Balaban J connectivity index is 2.37. The molecule has 0 spiro atoms. The van der Waals surface area contributed by atoms with Crippen molar-refractivity contribution in [2.24, 2.45) is 5.92 Å². The Bertz CT molecular complexity index is 285. The van der Waals surface area contributed by atoms with Crippen molar-refractivity contribution in [3.05, 3.63) is 0 Å². The van der Waals surface area contributed by atoms with Gasteiger partial charge in [0.1, 0.15) is 0 Å². The molecular formula is C13H23NO4. The second-order valence-electron chi connectivity index (χ2n) is 5.34. The smallest absolute Gasteiger partial charge is 0.408 e. The van der Waals surface area contributed by atoms with Crippen LogP contribution < -0.4 is 5.32 Å². The molecular weight excluding hydrogens is 234 g/mol. The second kappa shape index (κ2) is 7.24. The lowest BCUT2D eigenvalue weighted by Gasteiger charge is -2.23. The van der Waals surface area contributed by atoms with Gasteiger partial charge in [0.25, 0.3) is 0 Å². The fraction of sp³-hybridized carbons (Fsp3) is 0.846. The summed E-state index contributed by atoms with van der Waals surface area (Å²) < 4.78 is 4.98. The highest BCUT2D eigenvalue weighted by molar-refractivity contribution is 5.77. The number of hydrogen-bond donors (Lipinski definition) is 2. The minimum atomic E-state index is -1.08. The van der Waals surface area contributed by atoms with Crippen LogP contribution in [0.2, 0.25) is 0 Å². The Hall–Kier alpha value is -1.26. The highest BCUT2D eigenvalue weighted by Gasteiger charge is 2.25. The summed E-state index contributed by atoms with van der Waals surface area (Å²) >= 11 is 0. The van der Waals surface area contributed by atoms with Crippen LogP contribution in [0.15, 0.2) is 0 Å². The maximum Gasteiger partial charge on any atom is 0.408 e. The minimum Gasteiger partial charge on any atom is -0.479 e. The Labute approximate surface area is 108 Å². The van der Waals surface area contributed by atoms with Crippen molar-refractivity contribution in [2.45, 2.75) is 64.5 Å². The first-order chi connectivity index (χ1) is 8.49. The van der Waals surface area contributed by atoms with E-state index in [1.165, 1.54) is 6.42 Å². The topological polar surface area (TPSA) is 75.6 Å². The molecule has 0 heterocycles. The Kier molecular flexibility index (Phi) is 5.95. The van der Waals surface area contributed by atoms with Crippen LogP contribution in [-0.4, -0.2) is 29.3 Å². The summed E-state index contributed by atoms with van der Waals surface area (Å²) in [6.45, 7) is 3.80. The highest BCUT2D eigenvalue weighted by atomic mass is 16.6. The minimum absolute atomic E-state index is 0.139. The molecule has 0 radical (unpaired) electrons. The molecule has 104 valence electrons. The summed E-state index contributed by atoms with van der Waals surface area (Å²) in [5.74, 6) is -0.906. The van der Waals surface area contributed by atoms with Gasteiger partial charge in [-0.15, -0.1) is 0 Å². The first-order valence-electron chi connectivity index (χ1n) is 6.69. The highest BCUT2D eigenvalue weighted by Crippen LogP contribution is 2.17. The summed E-state index contributed by atoms with van der Waals surface area (Å²) in [6.07, 6.45) is 4.03. The number of ether oxygens (including phenoxy) is 1. The summed E-state index contributed by atoms with van der Waals surface area (Å²) in [4.78, 5) is 22.6. The second-order valence-corrected chi connectivity index (χ2v) is 5.34. The van der Waals surface area contributed by atoms with Crippen LogP contribution in [0.5, 0.6) is 0 Å². The molecule has 18 heavy (non-hydrogen) atoms. The number of rotatable bonds is 5. The maximum atomic E-state index is 11.6. The number of carboxylic acid groups (broad SMARTS) is 1. The summed E-state index contributed by atoms with van der Waals surface area (Å²) in [7, 11) is 0. The quantitative estimate of drug-likeness (QED) is 0.793. The number of nitrogens with one attached hydrogen (secondary N) is 1. The lowest BCUT2D eigenvalue weighted by atomic mass is 9.96. The van der Waals surface area contributed by atoms with E-state index in [-0.39, 0.29) is 12.0 Å². The Morgan fingerprint density at radius 1 is 1.28 bits per heavy atom. The van der Waals surface area contributed by atoms with Gasteiger partial charge in [0.2, 0.25) is 6.10 Å². The van der Waals surface area contributed by atoms with Gasteiger partial charge in [-0.25, -0.2) is 9.59 Å². The van der Waals surface area contributed by atoms with Crippen LogP contribution >= 0.6 is 0 Å². The molecule has 1 saturated carbocycles. The van der Waals surface area contributed by atoms with E-state index >= 15 is 0 Å². The molecule has 1 fully saturated rings. The molecule has 1 amide bonds. The third-order valence-corrected chi connectivity index (χ3v) is 3.14. The van der Waals surface area contributed by atoms with Gasteiger partial charge >= 0.3 is 12.1 Å². The predicted octanol–water partition coefficient (Wildman–Crippen LogP) is 2.54. The van der Waals surface area contributed by atoms with Gasteiger partial charge in [-0.1, -0.05) is 33.1 Å². The molecule has 1 aliphatic rings. The number of carbonyl (C=O) groups excluding carboxylic acids is 1. The van der Waals surface area contributed by atoms with E-state index in [4.69, 9.17) is 9.84 Å². The number of amides is 1. The Morgan fingerprint density at radius 3 is 2.39 bits per heavy atom. The van der Waals surface area contributed by atoms with Crippen molar-refractivity contribution < 1.29 is 19.4 Å². The van der Waals surface area contributed by atoms with E-state index < -0.39 is 18.2 Å². The van der Waals surface area contributed by atoms with E-state index in [0.717, 1.165) is 25.7 Å². The van der Waals surface area contributed by atoms with Crippen LogP contribution in [0.3, 0.4) is 0 Å². The van der Waals surface area contributed by atoms with Crippen molar-refractivity contribution in [1.82, 2.24) is 5.32 Å². The van der Waals surface area contributed by atoms with Crippen molar-refractivity contribution in [1.29, 1.82) is 0 Å². The number of carbonyl (C=O) groups is 2. The molecule has 0 bridgehead atoms. The maximum absolute atomic E-state index is 11.6. The summed E-state index contributed by atoms with van der Waals surface area (Å²) in [5.41, 5.74) is 0. The SMILES string of the molecule is CC(C)C[C@H](OC(=O)NC1CCCCC1)C(=O)O. The molecule has 0 aliphatic heterocycles. The third-order valence-electron chi connectivity index (χ3n) is 3.14. The van der Waals surface area contributed by atoms with E-state index in [1.54, 1.807) is 0 Å². The zero-order valence-electron chi connectivity index (χ0n) is 11.1. The zero-order chi connectivity index (χ0) is 13.5. The molecule has 1 atom stereocenters. The van der Waals surface area contributed by atoms with Crippen LogP contribution in [-0.2, 0) is 9.53 Å². The van der Waals surface area contributed by atoms with E-state index in [9.17, 15) is 9.59 Å². The fourth-order valence-electron chi connectivity index (χ4n) is 2.20. The van der Waals surface area contributed by atoms with Gasteiger partial charge in [0, 0.05) is 6.04 Å². The molecule has 1 rings (SSSR count). The number of carboxylic acids is 1. The summed E-state index contributed by atoms with van der Waals surface area (Å²) in [5, 5.41) is 11.7. The van der Waals surface area contributed by atoms with Gasteiger partial charge in [-0.3, -0.25) is 0 Å². The first-order valence-corrected chi connectivity index (χ1v) is 6.69. The Morgan fingerprint density at radius 2 is 1.89 bits per heavy atom. The number of aliphatic carboxylic acids is 1. The van der Waals surface area contributed by atoms with E-state index in [0.29, 0.717) is 6.42 Å². The van der Waals surface area contributed by atoms with E-state index in [2.05, 4.69) is 5.32 Å². The normalized spacial score (nSPS) is 18.4. The molecule has 0 aromatic carbocycles. The van der Waals surface area contributed by atoms with E-state index in [1.807, 2.05) is 13.8 Å². The van der Waals surface area contributed by atoms with Crippen LogP contribution in [0.1, 0.15) is 52.4 Å². The van der Waals surface area contributed by atoms with Gasteiger partial charge in [-0.2, -0.15) is 0 Å². The molecule has 5 heteroatoms. The lowest BCUT2D eigenvalue weighted by molar-refractivity contribution is -0.147. The number of hydrogen-bond acceptors (Lipinski definition) is 3. The van der Waals surface area contributed by atoms with Gasteiger partial charge in [0.15, 0.2) is 0 Å². The predicted molar refractivity (Wildman–Crippen MR) is 67.4 cm³/mol. The van der Waals surface area contributed by atoms with Crippen molar-refractivity contribution in [2.75, 3.05) is 0 Å². The zero-order valence-corrected chi connectivity index (χ0v) is 11.1. The molecule has 0 saturated heterocycles. The molecule has 0 unspecified atom stereocenters. The van der Waals surface area contributed by atoms with Gasteiger partial charge < -0.3 is 15.2 Å². The number of alkyl carbamates (subject to hydrolysis) is 1. The average Bonchev–Trinajstić information content (AvgIpc) is 2.28. The third kappa shape index (κ3) is 5.38. The van der Waals surface area contributed by atoms with Crippen LogP contribution in [0, 0.1) is 5.92 Å². The van der Waals surface area contributed by atoms with Gasteiger partial charge in [-0.05, 0) is 25.2 Å². The molecule has 1 aliphatic carbocycles. The van der Waals surface area contributed by atoms with Crippen molar-refractivity contribution >= 4 is 12.1 Å². The lowest BCUT2D eigenvalue weighted by Crippen LogP contribution is -2.40.